The molecule has 2 unspecified atom stereocenters. The van der Waals surface area contributed by atoms with Crippen LogP contribution >= 0.6 is 8.03 Å². The van der Waals surface area contributed by atoms with Gasteiger partial charge in [0.05, 0.1) is 0 Å². The highest BCUT2D eigenvalue weighted by Crippen LogP contribution is 2.31. The van der Waals surface area contributed by atoms with Crippen LogP contribution in [-0.2, 0) is 4.57 Å². The second kappa shape index (κ2) is 22.5. The molecule has 0 bridgehead atoms. The van der Waals surface area contributed by atoms with E-state index in [1.165, 1.54) is 109 Å². The van der Waals surface area contributed by atoms with Gasteiger partial charge in [-0.05, 0) is 12.8 Å². The van der Waals surface area contributed by atoms with Crippen molar-refractivity contribution in [1.82, 2.24) is 0 Å². The van der Waals surface area contributed by atoms with Gasteiger partial charge in [0.2, 0.25) is 0 Å². The predicted octanol–water partition coefficient (Wildman–Crippen LogP) is 9.05. The van der Waals surface area contributed by atoms with Crippen LogP contribution in [0.5, 0.6) is 0 Å². The van der Waals surface area contributed by atoms with Crippen LogP contribution in [0.15, 0.2) is 0 Å². The monoisotopic (exact) mass is 402 g/mol. The molecule has 0 fully saturated rings. The van der Waals surface area contributed by atoms with Crippen LogP contribution < -0.4 is 0 Å². The van der Waals surface area contributed by atoms with E-state index in [4.69, 9.17) is 0 Å². The number of hydrogen-bond acceptors (Lipinski definition) is 1. The first-order valence-electron chi connectivity index (χ1n) is 12.4. The fourth-order valence-electron chi connectivity index (χ4n) is 3.97. The maximum atomic E-state index is 11.6. The van der Waals surface area contributed by atoms with Crippen LogP contribution in [0.3, 0.4) is 0 Å². The van der Waals surface area contributed by atoms with Crippen molar-refractivity contribution < 1.29 is 9.46 Å². The summed E-state index contributed by atoms with van der Waals surface area (Å²) in [5.41, 5.74) is 0.0916. The molecule has 0 saturated carbocycles. The third kappa shape index (κ3) is 20.7. The zero-order chi connectivity index (χ0) is 20.0. The Morgan fingerprint density at radius 1 is 0.519 bits per heavy atom. The lowest BCUT2D eigenvalue weighted by Gasteiger charge is -2.13. The molecule has 0 heterocycles. The predicted molar refractivity (Wildman–Crippen MR) is 123 cm³/mol. The van der Waals surface area contributed by atoms with E-state index >= 15 is 0 Å². The Kier molecular flexibility index (Phi) is 22.6. The van der Waals surface area contributed by atoms with Gasteiger partial charge in [-0.2, -0.15) is 0 Å². The molecule has 0 spiro atoms. The summed E-state index contributed by atoms with van der Waals surface area (Å²) in [7, 11) is -2.33. The minimum atomic E-state index is -2.33. The molecule has 0 amide bonds. The minimum absolute atomic E-state index is 0.0916. The fraction of sp³-hybridized carbons (Fsp3) is 1.00. The Morgan fingerprint density at radius 2 is 0.778 bits per heavy atom. The lowest BCUT2D eigenvalue weighted by atomic mass is 10.0. The smallest absolute Gasteiger partial charge is 0.192 e. The zero-order valence-corrected chi connectivity index (χ0v) is 19.8. The molecule has 0 aromatic heterocycles. The number of rotatable bonds is 22. The Balaban J connectivity index is 3.36. The van der Waals surface area contributed by atoms with Crippen LogP contribution in [0.2, 0.25) is 0 Å². The second-order valence-electron chi connectivity index (χ2n) is 8.62. The van der Waals surface area contributed by atoms with Crippen molar-refractivity contribution in [3.63, 3.8) is 0 Å². The van der Waals surface area contributed by atoms with Gasteiger partial charge in [-0.1, -0.05) is 136 Å². The summed E-state index contributed by atoms with van der Waals surface area (Å²) in [5, 5.41) is 0. The van der Waals surface area contributed by atoms with Crippen molar-refractivity contribution >= 4 is 8.03 Å². The van der Waals surface area contributed by atoms with Gasteiger partial charge in [0.15, 0.2) is 8.03 Å². The van der Waals surface area contributed by atoms with Crippen molar-refractivity contribution in [3.8, 4) is 0 Å². The largest absolute Gasteiger partial charge is 0.346 e. The Labute approximate surface area is 172 Å². The molecular weight excluding hydrogens is 351 g/mol. The summed E-state index contributed by atoms with van der Waals surface area (Å²) in [6, 6.07) is 0. The van der Waals surface area contributed by atoms with Crippen LogP contribution in [-0.4, -0.2) is 10.6 Å². The van der Waals surface area contributed by atoms with Crippen LogP contribution in [0.25, 0.3) is 0 Å². The molecule has 164 valence electrons. The number of unbranched alkanes of at least 4 members (excludes halogenated alkanes) is 17. The lowest BCUT2D eigenvalue weighted by Crippen LogP contribution is -2.02. The Hall–Kier alpha value is 0.190. The highest BCUT2D eigenvalue weighted by atomic mass is 31.1. The zero-order valence-electron chi connectivity index (χ0n) is 18.8. The van der Waals surface area contributed by atoms with Gasteiger partial charge in [-0.15, -0.1) is 0 Å². The summed E-state index contributed by atoms with van der Waals surface area (Å²) in [6.45, 7) is 4.51. The normalized spacial score (nSPS) is 13.7. The van der Waals surface area contributed by atoms with Gasteiger partial charge in [-0.3, -0.25) is 4.57 Å². The minimum Gasteiger partial charge on any atom is -0.346 e. The van der Waals surface area contributed by atoms with Gasteiger partial charge in [-0.25, -0.2) is 0 Å². The van der Waals surface area contributed by atoms with E-state index in [-0.39, 0.29) is 5.66 Å². The molecule has 0 aliphatic heterocycles. The first-order chi connectivity index (χ1) is 13.2. The molecule has 0 aromatic rings. The van der Waals surface area contributed by atoms with Crippen molar-refractivity contribution in [3.05, 3.63) is 0 Å². The fourth-order valence-corrected chi connectivity index (χ4v) is 4.87. The van der Waals surface area contributed by atoms with E-state index in [1.54, 1.807) is 0 Å². The summed E-state index contributed by atoms with van der Waals surface area (Å²) in [5.74, 6) is 0. The number of hydrogen-bond donors (Lipinski definition) is 1. The summed E-state index contributed by atoms with van der Waals surface area (Å²) >= 11 is 0. The van der Waals surface area contributed by atoms with Crippen molar-refractivity contribution in [1.29, 1.82) is 0 Å². The molecular formula is C24H51O2P. The lowest BCUT2D eigenvalue weighted by molar-refractivity contribution is 0.461. The Morgan fingerprint density at radius 3 is 1.04 bits per heavy atom. The second-order valence-corrected chi connectivity index (χ2v) is 10.1. The maximum absolute atomic E-state index is 11.6. The first kappa shape index (κ1) is 27.2. The van der Waals surface area contributed by atoms with Crippen LogP contribution in [0.1, 0.15) is 149 Å². The standard InChI is InChI=1S/C24H51O2P/c1-3-5-7-9-10-11-12-13-14-15-16-17-19-21-23-24(27(25)26)22-20-18-8-6-4-2/h24,27H,3-23H2,1-2H3,(H,25,26). The average molecular weight is 403 g/mol. The molecule has 27 heavy (non-hydrogen) atoms. The van der Waals surface area contributed by atoms with Gasteiger partial charge >= 0.3 is 0 Å². The van der Waals surface area contributed by atoms with Crippen molar-refractivity contribution in [2.24, 2.45) is 0 Å². The highest BCUT2D eigenvalue weighted by Gasteiger charge is 2.13. The van der Waals surface area contributed by atoms with Gasteiger partial charge in [0, 0.05) is 5.66 Å². The van der Waals surface area contributed by atoms with Crippen LogP contribution in [0.4, 0.5) is 0 Å². The van der Waals surface area contributed by atoms with Gasteiger partial charge in [0.25, 0.3) is 0 Å². The van der Waals surface area contributed by atoms with Crippen molar-refractivity contribution in [2.45, 2.75) is 154 Å². The topological polar surface area (TPSA) is 37.3 Å². The summed E-state index contributed by atoms with van der Waals surface area (Å²) < 4.78 is 11.6. The molecule has 2 atom stereocenters. The van der Waals surface area contributed by atoms with Gasteiger partial charge in [0.1, 0.15) is 0 Å². The molecule has 1 N–H and O–H groups in total. The van der Waals surface area contributed by atoms with E-state index in [2.05, 4.69) is 13.8 Å². The molecule has 3 heteroatoms. The van der Waals surface area contributed by atoms with E-state index < -0.39 is 8.03 Å². The van der Waals surface area contributed by atoms with E-state index in [0.717, 1.165) is 25.7 Å². The van der Waals surface area contributed by atoms with E-state index in [0.29, 0.717) is 0 Å². The third-order valence-corrected chi connectivity index (χ3v) is 7.19. The van der Waals surface area contributed by atoms with E-state index in [1.807, 2.05) is 0 Å². The highest BCUT2D eigenvalue weighted by molar-refractivity contribution is 7.38. The summed E-state index contributed by atoms with van der Waals surface area (Å²) in [4.78, 5) is 9.56. The molecule has 0 aromatic carbocycles. The third-order valence-electron chi connectivity index (χ3n) is 5.91. The molecule has 0 radical (unpaired) electrons. The quantitative estimate of drug-likeness (QED) is 0.145. The van der Waals surface area contributed by atoms with Crippen molar-refractivity contribution in [2.75, 3.05) is 0 Å². The molecule has 0 saturated heterocycles. The SMILES string of the molecule is CCCCCCCCCCCCCCCCC(CCCCCCC)[PH](=O)O. The maximum Gasteiger partial charge on any atom is 0.192 e. The first-order valence-corrected chi connectivity index (χ1v) is 13.9. The molecule has 0 rings (SSSR count). The molecule has 2 nitrogen and oxygen atoms in total. The van der Waals surface area contributed by atoms with Crippen LogP contribution in [0, 0.1) is 0 Å². The van der Waals surface area contributed by atoms with E-state index in [9.17, 15) is 9.46 Å². The molecule has 0 aliphatic carbocycles. The average Bonchev–Trinajstić information content (AvgIpc) is 2.66. The molecule has 0 aliphatic rings. The summed E-state index contributed by atoms with van der Waals surface area (Å²) in [6.07, 6.45) is 27.4. The Bertz CT molecular complexity index is 307. The van der Waals surface area contributed by atoms with Gasteiger partial charge < -0.3 is 4.89 Å².